The summed E-state index contributed by atoms with van der Waals surface area (Å²) in [6.07, 6.45) is 1.25. The molecule has 2 aromatic rings. The maximum atomic E-state index is 13.5. The molecule has 0 aliphatic rings. The minimum Gasteiger partial charge on any atom is -0.396 e. The summed E-state index contributed by atoms with van der Waals surface area (Å²) in [4.78, 5) is 15.4. The van der Waals surface area contributed by atoms with Gasteiger partial charge in [-0.3, -0.25) is 9.89 Å². The summed E-state index contributed by atoms with van der Waals surface area (Å²) in [6, 6.07) is 1.99. The minimum atomic E-state index is -1.08. The number of amides is 1. The molecular weight excluding hydrogens is 244 g/mol. The zero-order valence-electron chi connectivity index (χ0n) is 9.08. The number of benzene rings is 1. The summed E-state index contributed by atoms with van der Waals surface area (Å²) >= 11 is 0. The van der Waals surface area contributed by atoms with Crippen LogP contribution in [0.15, 0.2) is 18.5 Å². The number of carbonyl (C=O) groups is 1. The third kappa shape index (κ3) is 2.26. The first kappa shape index (κ1) is 12.0. The highest BCUT2D eigenvalue weighted by Gasteiger charge is 2.19. The molecule has 0 bridgehead atoms. The molecule has 18 heavy (non-hydrogen) atoms. The Kier molecular flexibility index (Phi) is 3.18. The molecule has 0 atom stereocenters. The van der Waals surface area contributed by atoms with Gasteiger partial charge >= 0.3 is 0 Å². The quantitative estimate of drug-likeness (QED) is 0.697. The van der Waals surface area contributed by atoms with E-state index < -0.39 is 23.1 Å². The van der Waals surface area contributed by atoms with Gasteiger partial charge in [0.05, 0.1) is 12.2 Å². The van der Waals surface area contributed by atoms with E-state index in [0.717, 1.165) is 12.1 Å². The summed E-state index contributed by atoms with van der Waals surface area (Å²) in [5.74, 6) is -2.59. The highest BCUT2D eigenvalue weighted by molar-refractivity contribution is 5.95. The van der Waals surface area contributed by atoms with Crippen molar-refractivity contribution in [3.8, 4) is 0 Å². The van der Waals surface area contributed by atoms with E-state index in [0.29, 0.717) is 5.82 Å². The van der Waals surface area contributed by atoms with Crippen molar-refractivity contribution in [1.29, 1.82) is 0 Å². The molecule has 0 saturated carbocycles. The fourth-order valence-corrected chi connectivity index (χ4v) is 1.35. The molecule has 0 fully saturated rings. The Hall–Kier alpha value is -2.51. The first-order valence-corrected chi connectivity index (χ1v) is 4.95. The first-order valence-electron chi connectivity index (χ1n) is 4.95. The van der Waals surface area contributed by atoms with Crippen LogP contribution in [0.5, 0.6) is 0 Å². The van der Waals surface area contributed by atoms with Crippen LogP contribution in [0.1, 0.15) is 16.2 Å². The molecule has 6 nitrogen and oxygen atoms in total. The highest BCUT2D eigenvalue weighted by Crippen LogP contribution is 2.18. The number of carbonyl (C=O) groups excluding carboxylic acids is 1. The Morgan fingerprint density at radius 1 is 1.44 bits per heavy atom. The molecule has 1 heterocycles. The zero-order valence-corrected chi connectivity index (χ0v) is 9.08. The number of hydrogen-bond acceptors (Lipinski definition) is 4. The van der Waals surface area contributed by atoms with E-state index in [1.54, 1.807) is 0 Å². The van der Waals surface area contributed by atoms with Gasteiger partial charge < -0.3 is 11.1 Å². The Morgan fingerprint density at radius 2 is 2.22 bits per heavy atom. The summed E-state index contributed by atoms with van der Waals surface area (Å²) in [5, 5.41) is 8.37. The Balaban J connectivity index is 2.16. The third-order valence-corrected chi connectivity index (χ3v) is 2.23. The Morgan fingerprint density at radius 3 is 2.89 bits per heavy atom. The van der Waals surface area contributed by atoms with Gasteiger partial charge in [-0.2, -0.15) is 5.10 Å². The lowest BCUT2D eigenvalue weighted by molar-refractivity contribution is 0.0941. The van der Waals surface area contributed by atoms with Gasteiger partial charge in [0, 0.05) is 0 Å². The lowest BCUT2D eigenvalue weighted by Crippen LogP contribution is -2.26. The van der Waals surface area contributed by atoms with Gasteiger partial charge in [0.1, 0.15) is 23.5 Å². The molecule has 1 aromatic carbocycles. The van der Waals surface area contributed by atoms with Crippen LogP contribution in [0.2, 0.25) is 0 Å². The van der Waals surface area contributed by atoms with Crippen molar-refractivity contribution in [1.82, 2.24) is 20.5 Å². The first-order chi connectivity index (χ1) is 8.59. The fourth-order valence-electron chi connectivity index (χ4n) is 1.35. The maximum Gasteiger partial charge on any atom is 0.257 e. The zero-order chi connectivity index (χ0) is 13.1. The van der Waals surface area contributed by atoms with Gasteiger partial charge in [-0.25, -0.2) is 13.8 Å². The predicted octanol–water partition coefficient (Wildman–Crippen LogP) is 0.595. The van der Waals surface area contributed by atoms with Crippen LogP contribution in [0, 0.1) is 11.6 Å². The molecule has 0 saturated heterocycles. The molecule has 1 aromatic heterocycles. The Bertz CT molecular complexity index is 570. The summed E-state index contributed by atoms with van der Waals surface area (Å²) in [6.45, 7) is -0.0213. The van der Waals surface area contributed by atoms with Crippen molar-refractivity contribution in [3.63, 3.8) is 0 Å². The highest BCUT2D eigenvalue weighted by atomic mass is 19.1. The van der Waals surface area contributed by atoms with E-state index >= 15 is 0 Å². The van der Waals surface area contributed by atoms with Crippen LogP contribution in [0.3, 0.4) is 0 Å². The van der Waals surface area contributed by atoms with Crippen LogP contribution in [0.4, 0.5) is 14.5 Å². The van der Waals surface area contributed by atoms with Gasteiger partial charge in [-0.15, -0.1) is 0 Å². The largest absolute Gasteiger partial charge is 0.396 e. The standard InChI is InChI=1S/C10H9F2N5O/c11-5-1-2-6(13)9(12)8(5)10(18)14-3-7-15-4-16-17-7/h1-2,4H,3,13H2,(H,14,18)(H,15,16,17). The fraction of sp³-hybridized carbons (Fsp3) is 0.100. The van der Waals surface area contributed by atoms with Crippen molar-refractivity contribution in [2.24, 2.45) is 0 Å². The number of nitrogens with two attached hydrogens (primary N) is 1. The monoisotopic (exact) mass is 253 g/mol. The molecule has 0 radical (unpaired) electrons. The average Bonchev–Trinajstić information content (AvgIpc) is 2.85. The van der Waals surface area contributed by atoms with Gasteiger partial charge in [-0.05, 0) is 12.1 Å². The second kappa shape index (κ2) is 4.78. The summed E-state index contributed by atoms with van der Waals surface area (Å²) in [7, 11) is 0. The molecule has 0 aliphatic heterocycles. The SMILES string of the molecule is Nc1ccc(F)c(C(=O)NCc2ncn[nH]2)c1F. The molecule has 4 N–H and O–H groups in total. The van der Waals surface area contributed by atoms with Crippen LogP contribution in [-0.4, -0.2) is 21.1 Å². The number of nitrogens with zero attached hydrogens (tertiary/aromatic N) is 2. The summed E-state index contributed by atoms with van der Waals surface area (Å²) < 4.78 is 26.9. The van der Waals surface area contributed by atoms with E-state index in [1.165, 1.54) is 6.33 Å². The van der Waals surface area contributed by atoms with Crippen molar-refractivity contribution >= 4 is 11.6 Å². The molecule has 2 rings (SSSR count). The number of H-pyrrole nitrogens is 1. The van der Waals surface area contributed by atoms with Crippen molar-refractivity contribution in [3.05, 3.63) is 41.5 Å². The van der Waals surface area contributed by atoms with E-state index in [9.17, 15) is 13.6 Å². The van der Waals surface area contributed by atoms with E-state index in [4.69, 9.17) is 5.73 Å². The van der Waals surface area contributed by atoms with Gasteiger partial charge in [0.25, 0.3) is 5.91 Å². The van der Waals surface area contributed by atoms with Crippen molar-refractivity contribution in [2.75, 3.05) is 5.73 Å². The van der Waals surface area contributed by atoms with Crippen LogP contribution in [-0.2, 0) is 6.54 Å². The molecule has 0 aliphatic carbocycles. The van der Waals surface area contributed by atoms with Crippen LogP contribution < -0.4 is 11.1 Å². The number of hydrogen-bond donors (Lipinski definition) is 3. The van der Waals surface area contributed by atoms with E-state index in [-0.39, 0.29) is 12.2 Å². The third-order valence-electron chi connectivity index (χ3n) is 2.23. The number of aromatic nitrogens is 3. The molecule has 94 valence electrons. The second-order valence-corrected chi connectivity index (χ2v) is 3.44. The number of aromatic amines is 1. The summed E-state index contributed by atoms with van der Waals surface area (Å²) in [5.41, 5.74) is 4.26. The normalized spacial score (nSPS) is 10.3. The number of anilines is 1. The van der Waals surface area contributed by atoms with Crippen LogP contribution >= 0.6 is 0 Å². The maximum absolute atomic E-state index is 13.5. The van der Waals surface area contributed by atoms with E-state index in [1.807, 2.05) is 0 Å². The lowest BCUT2D eigenvalue weighted by Gasteiger charge is -2.07. The van der Waals surface area contributed by atoms with Crippen molar-refractivity contribution in [2.45, 2.75) is 6.54 Å². The molecule has 1 amide bonds. The second-order valence-electron chi connectivity index (χ2n) is 3.44. The number of halogens is 2. The predicted molar refractivity (Wildman–Crippen MR) is 58.3 cm³/mol. The van der Waals surface area contributed by atoms with Gasteiger partial charge in [0.2, 0.25) is 0 Å². The lowest BCUT2D eigenvalue weighted by atomic mass is 10.1. The smallest absolute Gasteiger partial charge is 0.257 e. The molecule has 8 heteroatoms. The van der Waals surface area contributed by atoms with Crippen LogP contribution in [0.25, 0.3) is 0 Å². The molecule has 0 spiro atoms. The van der Waals surface area contributed by atoms with Gasteiger partial charge in [-0.1, -0.05) is 0 Å². The molecule has 0 unspecified atom stereocenters. The van der Waals surface area contributed by atoms with E-state index in [2.05, 4.69) is 20.5 Å². The van der Waals surface area contributed by atoms with Crippen molar-refractivity contribution < 1.29 is 13.6 Å². The topological polar surface area (TPSA) is 96.7 Å². The Labute approximate surface area is 100 Å². The minimum absolute atomic E-state index is 0.0213. The number of nitrogen functional groups attached to an aromatic ring is 1. The van der Waals surface area contributed by atoms with Gasteiger partial charge in [0.15, 0.2) is 5.82 Å². The average molecular weight is 253 g/mol. The molecular formula is C10H9F2N5O. The number of nitrogens with one attached hydrogen (secondary N) is 2. The number of rotatable bonds is 3.